The van der Waals surface area contributed by atoms with Gasteiger partial charge in [0.2, 0.25) is 0 Å². The molecule has 1 aliphatic carbocycles. The standard InChI is InChI=1S/C14H24N2S/c1-4-11-7-5-6-8-14(11,15)13-16-12(9-17-13)10(2)3/h9-11H,4-8,15H2,1-3H3. The molecule has 1 fully saturated rings. The average Bonchev–Trinajstić information content (AvgIpc) is 2.79. The Kier molecular flexibility index (Phi) is 3.88. The number of hydrogen-bond donors (Lipinski definition) is 1. The van der Waals surface area contributed by atoms with E-state index in [0.717, 1.165) is 6.42 Å². The van der Waals surface area contributed by atoms with E-state index in [1.807, 2.05) is 0 Å². The molecule has 0 spiro atoms. The van der Waals surface area contributed by atoms with Crippen LogP contribution in [0.4, 0.5) is 0 Å². The highest BCUT2D eigenvalue weighted by molar-refractivity contribution is 7.09. The summed E-state index contributed by atoms with van der Waals surface area (Å²) in [5.74, 6) is 1.12. The Labute approximate surface area is 109 Å². The second-order valence-corrected chi connectivity index (χ2v) is 6.48. The van der Waals surface area contributed by atoms with Crippen LogP contribution < -0.4 is 5.73 Å². The molecule has 96 valence electrons. The normalized spacial score (nSPS) is 29.8. The Morgan fingerprint density at radius 1 is 1.53 bits per heavy atom. The van der Waals surface area contributed by atoms with Crippen molar-refractivity contribution in [2.75, 3.05) is 0 Å². The van der Waals surface area contributed by atoms with Gasteiger partial charge in [-0.3, -0.25) is 0 Å². The van der Waals surface area contributed by atoms with Crippen LogP contribution in [0.25, 0.3) is 0 Å². The van der Waals surface area contributed by atoms with Gasteiger partial charge in [0.15, 0.2) is 0 Å². The first kappa shape index (κ1) is 13.0. The van der Waals surface area contributed by atoms with Crippen molar-refractivity contribution in [3.8, 4) is 0 Å². The van der Waals surface area contributed by atoms with Gasteiger partial charge in [-0.1, -0.05) is 40.0 Å². The molecule has 0 saturated heterocycles. The molecule has 0 bridgehead atoms. The van der Waals surface area contributed by atoms with Gasteiger partial charge in [0.05, 0.1) is 11.2 Å². The zero-order valence-electron chi connectivity index (χ0n) is 11.2. The van der Waals surface area contributed by atoms with Gasteiger partial charge in [0.25, 0.3) is 0 Å². The maximum Gasteiger partial charge on any atom is 0.113 e. The maximum absolute atomic E-state index is 6.70. The van der Waals surface area contributed by atoms with E-state index in [-0.39, 0.29) is 5.54 Å². The molecule has 0 radical (unpaired) electrons. The van der Waals surface area contributed by atoms with E-state index in [1.54, 1.807) is 11.3 Å². The number of thiazole rings is 1. The summed E-state index contributed by atoms with van der Waals surface area (Å²) in [6.45, 7) is 6.65. The van der Waals surface area contributed by atoms with Crippen LogP contribution in [0.1, 0.15) is 69.5 Å². The lowest BCUT2D eigenvalue weighted by Crippen LogP contribution is -2.46. The van der Waals surface area contributed by atoms with Crippen molar-refractivity contribution in [1.82, 2.24) is 4.98 Å². The van der Waals surface area contributed by atoms with Crippen LogP contribution in [0, 0.1) is 5.92 Å². The predicted molar refractivity (Wildman–Crippen MR) is 74.3 cm³/mol. The summed E-state index contributed by atoms with van der Waals surface area (Å²) >= 11 is 1.77. The highest BCUT2D eigenvalue weighted by Gasteiger charge is 2.40. The fraction of sp³-hybridized carbons (Fsp3) is 0.786. The fourth-order valence-corrected chi connectivity index (χ4v) is 4.09. The van der Waals surface area contributed by atoms with E-state index in [2.05, 4.69) is 26.2 Å². The smallest absolute Gasteiger partial charge is 0.113 e. The molecule has 2 rings (SSSR count). The molecule has 0 aromatic carbocycles. The highest BCUT2D eigenvalue weighted by Crippen LogP contribution is 2.42. The molecular formula is C14H24N2S. The first-order valence-corrected chi connectivity index (χ1v) is 7.70. The molecule has 2 unspecified atom stereocenters. The maximum atomic E-state index is 6.70. The molecule has 2 N–H and O–H groups in total. The van der Waals surface area contributed by atoms with Gasteiger partial charge in [-0.2, -0.15) is 0 Å². The Morgan fingerprint density at radius 2 is 2.29 bits per heavy atom. The molecule has 1 aliphatic rings. The molecule has 1 aromatic heterocycles. The van der Waals surface area contributed by atoms with Gasteiger partial charge in [-0.15, -0.1) is 11.3 Å². The average molecular weight is 252 g/mol. The third-order valence-corrected chi connectivity index (χ3v) is 5.18. The number of nitrogens with two attached hydrogens (primary N) is 1. The van der Waals surface area contributed by atoms with Gasteiger partial charge in [-0.25, -0.2) is 4.98 Å². The van der Waals surface area contributed by atoms with Crippen molar-refractivity contribution in [2.24, 2.45) is 11.7 Å². The Balaban J connectivity index is 2.28. The SMILES string of the molecule is CCC1CCCCC1(N)c1nc(C(C)C)cs1. The van der Waals surface area contributed by atoms with Gasteiger partial charge in [0, 0.05) is 5.38 Å². The third kappa shape index (κ3) is 2.41. The van der Waals surface area contributed by atoms with E-state index in [9.17, 15) is 0 Å². The lowest BCUT2D eigenvalue weighted by Gasteiger charge is -2.39. The molecular weight excluding hydrogens is 228 g/mol. The minimum Gasteiger partial charge on any atom is -0.319 e. The number of hydrogen-bond acceptors (Lipinski definition) is 3. The summed E-state index contributed by atoms with van der Waals surface area (Å²) in [5, 5.41) is 3.36. The van der Waals surface area contributed by atoms with Crippen LogP contribution in [-0.2, 0) is 5.54 Å². The van der Waals surface area contributed by atoms with Crippen LogP contribution in [-0.4, -0.2) is 4.98 Å². The molecule has 2 nitrogen and oxygen atoms in total. The second-order valence-electron chi connectivity index (χ2n) is 5.62. The van der Waals surface area contributed by atoms with Crippen LogP contribution in [0.3, 0.4) is 0 Å². The molecule has 0 aliphatic heterocycles. The summed E-state index contributed by atoms with van der Waals surface area (Å²) in [5.41, 5.74) is 7.75. The molecule has 1 heterocycles. The van der Waals surface area contributed by atoms with Crippen LogP contribution in [0.15, 0.2) is 5.38 Å². The fourth-order valence-electron chi connectivity index (χ4n) is 2.88. The summed E-state index contributed by atoms with van der Waals surface area (Å²) in [6, 6.07) is 0. The molecule has 1 saturated carbocycles. The van der Waals surface area contributed by atoms with Crippen molar-refractivity contribution in [3.05, 3.63) is 16.1 Å². The van der Waals surface area contributed by atoms with Crippen molar-refractivity contribution in [3.63, 3.8) is 0 Å². The van der Waals surface area contributed by atoms with E-state index in [0.29, 0.717) is 11.8 Å². The second kappa shape index (κ2) is 5.07. The molecule has 17 heavy (non-hydrogen) atoms. The van der Waals surface area contributed by atoms with Crippen LogP contribution >= 0.6 is 11.3 Å². The minimum atomic E-state index is -0.148. The number of nitrogens with zero attached hydrogens (tertiary/aromatic N) is 1. The van der Waals surface area contributed by atoms with Gasteiger partial charge < -0.3 is 5.73 Å². The summed E-state index contributed by atoms with van der Waals surface area (Å²) < 4.78 is 0. The van der Waals surface area contributed by atoms with E-state index < -0.39 is 0 Å². The molecule has 0 amide bonds. The number of aromatic nitrogens is 1. The first-order valence-electron chi connectivity index (χ1n) is 6.82. The van der Waals surface area contributed by atoms with Crippen molar-refractivity contribution in [2.45, 2.75) is 64.3 Å². The Hall–Kier alpha value is -0.410. The topological polar surface area (TPSA) is 38.9 Å². The summed E-state index contributed by atoms with van der Waals surface area (Å²) in [4.78, 5) is 4.80. The molecule has 3 heteroatoms. The van der Waals surface area contributed by atoms with Crippen LogP contribution in [0.2, 0.25) is 0 Å². The highest BCUT2D eigenvalue weighted by atomic mass is 32.1. The summed E-state index contributed by atoms with van der Waals surface area (Å²) in [7, 11) is 0. The quantitative estimate of drug-likeness (QED) is 0.882. The largest absolute Gasteiger partial charge is 0.319 e. The van der Waals surface area contributed by atoms with Crippen molar-refractivity contribution < 1.29 is 0 Å². The number of rotatable bonds is 3. The summed E-state index contributed by atoms with van der Waals surface area (Å²) in [6.07, 6.45) is 6.14. The van der Waals surface area contributed by atoms with E-state index in [1.165, 1.54) is 36.4 Å². The zero-order valence-corrected chi connectivity index (χ0v) is 12.0. The minimum absolute atomic E-state index is 0.148. The van der Waals surface area contributed by atoms with E-state index >= 15 is 0 Å². The molecule has 1 aromatic rings. The van der Waals surface area contributed by atoms with Gasteiger partial charge >= 0.3 is 0 Å². The Bertz CT molecular complexity index is 372. The lowest BCUT2D eigenvalue weighted by atomic mass is 9.72. The van der Waals surface area contributed by atoms with E-state index in [4.69, 9.17) is 10.7 Å². The Morgan fingerprint density at radius 3 is 2.88 bits per heavy atom. The zero-order chi connectivity index (χ0) is 12.5. The third-order valence-electron chi connectivity index (χ3n) is 4.13. The van der Waals surface area contributed by atoms with Crippen LogP contribution in [0.5, 0.6) is 0 Å². The first-order chi connectivity index (χ1) is 8.08. The van der Waals surface area contributed by atoms with Gasteiger partial charge in [0.1, 0.15) is 5.01 Å². The van der Waals surface area contributed by atoms with Crippen molar-refractivity contribution in [1.29, 1.82) is 0 Å². The molecule has 2 atom stereocenters. The van der Waals surface area contributed by atoms with Crippen molar-refractivity contribution >= 4 is 11.3 Å². The lowest BCUT2D eigenvalue weighted by molar-refractivity contribution is 0.183. The monoisotopic (exact) mass is 252 g/mol. The van der Waals surface area contributed by atoms with Gasteiger partial charge in [-0.05, 0) is 24.7 Å². The predicted octanol–water partition coefficient (Wildman–Crippen LogP) is 4.02.